The minimum atomic E-state index is -0.567. The van der Waals surface area contributed by atoms with E-state index in [-0.39, 0.29) is 11.9 Å². The van der Waals surface area contributed by atoms with E-state index in [2.05, 4.69) is 21.3 Å². The summed E-state index contributed by atoms with van der Waals surface area (Å²) in [5, 5.41) is 11.9. The Bertz CT molecular complexity index is 531. The molecule has 1 saturated heterocycles. The lowest BCUT2D eigenvalue weighted by Gasteiger charge is -2.22. The van der Waals surface area contributed by atoms with Crippen LogP contribution in [0.15, 0.2) is 0 Å². The van der Waals surface area contributed by atoms with Crippen LogP contribution in [0.4, 0.5) is 4.79 Å². The fourth-order valence-corrected chi connectivity index (χ4v) is 4.93. The van der Waals surface area contributed by atoms with Crippen LogP contribution in [0.25, 0.3) is 0 Å². The summed E-state index contributed by atoms with van der Waals surface area (Å²) < 4.78 is 16.0. The monoisotopic (exact) mass is 477 g/mol. The highest BCUT2D eigenvalue weighted by molar-refractivity contribution is 8.00. The van der Waals surface area contributed by atoms with Crippen LogP contribution in [0.1, 0.15) is 25.7 Å². The van der Waals surface area contributed by atoms with Gasteiger partial charge in [0.2, 0.25) is 12.3 Å². The Morgan fingerprint density at radius 1 is 1.00 bits per heavy atom. The third-order valence-corrected chi connectivity index (χ3v) is 6.46. The molecule has 186 valence electrons. The van der Waals surface area contributed by atoms with Gasteiger partial charge < -0.3 is 41.2 Å². The first-order valence-corrected chi connectivity index (χ1v) is 12.1. The fourth-order valence-electron chi connectivity index (χ4n) is 3.29. The molecule has 4 amide bonds. The molecule has 1 aliphatic heterocycles. The fraction of sp³-hybridized carbons (Fsp3) is 0.850. The molecule has 3 unspecified atom stereocenters. The average Bonchev–Trinajstić information content (AvgIpc) is 3.16. The van der Waals surface area contributed by atoms with Crippen LogP contribution in [0, 0.1) is 0 Å². The normalized spacial score (nSPS) is 20.1. The van der Waals surface area contributed by atoms with E-state index in [0.29, 0.717) is 70.4 Å². The molecule has 1 fully saturated rings. The molecule has 32 heavy (non-hydrogen) atoms. The molecule has 0 aromatic heterocycles. The van der Waals surface area contributed by atoms with Crippen molar-refractivity contribution < 1.29 is 28.6 Å². The van der Waals surface area contributed by atoms with E-state index in [1.807, 2.05) is 18.8 Å². The van der Waals surface area contributed by atoms with Crippen LogP contribution >= 0.6 is 11.8 Å². The second kappa shape index (κ2) is 18.9. The maximum absolute atomic E-state index is 11.9. The van der Waals surface area contributed by atoms with Crippen molar-refractivity contribution in [1.29, 1.82) is 0 Å². The van der Waals surface area contributed by atoms with Gasteiger partial charge in [0.25, 0.3) is 0 Å². The summed E-state index contributed by atoms with van der Waals surface area (Å²) in [6.45, 7) is 3.44. The largest absolute Gasteiger partial charge is 0.377 e. The van der Waals surface area contributed by atoms with Crippen molar-refractivity contribution in [3.63, 3.8) is 0 Å². The SMILES string of the molecule is CNC1CSC(CCCCC(=O)NCCOCCOCCOCCNC(N)=O)C1NC=O. The Labute approximate surface area is 194 Å². The van der Waals surface area contributed by atoms with Crippen LogP contribution in [0.3, 0.4) is 0 Å². The smallest absolute Gasteiger partial charge is 0.312 e. The molecule has 0 saturated carbocycles. The average molecular weight is 478 g/mol. The molecule has 0 aliphatic carbocycles. The van der Waals surface area contributed by atoms with Crippen LogP contribution in [-0.4, -0.2) is 101 Å². The van der Waals surface area contributed by atoms with Gasteiger partial charge in [0.15, 0.2) is 0 Å². The molecule has 0 bridgehead atoms. The molecular formula is C20H39N5O6S. The first-order chi connectivity index (χ1) is 15.6. The highest BCUT2D eigenvalue weighted by Crippen LogP contribution is 2.31. The number of rotatable bonds is 20. The van der Waals surface area contributed by atoms with Crippen molar-refractivity contribution in [3.05, 3.63) is 0 Å². The molecule has 0 aromatic carbocycles. The number of urea groups is 1. The lowest BCUT2D eigenvalue weighted by Crippen LogP contribution is -2.48. The first-order valence-electron chi connectivity index (χ1n) is 11.1. The number of hydrogen-bond donors (Lipinski definition) is 5. The zero-order valence-corrected chi connectivity index (χ0v) is 19.8. The van der Waals surface area contributed by atoms with E-state index in [1.54, 1.807) is 0 Å². The Hall–Kier alpha value is -1.60. The topological polar surface area (TPSA) is 153 Å². The summed E-state index contributed by atoms with van der Waals surface area (Å²) in [5.41, 5.74) is 4.93. The minimum absolute atomic E-state index is 0.0302. The predicted molar refractivity (Wildman–Crippen MR) is 124 cm³/mol. The van der Waals surface area contributed by atoms with Crippen molar-refractivity contribution in [2.75, 3.05) is 65.5 Å². The number of thioether (sulfide) groups is 1. The standard InChI is InChI=1S/C20H39N5O6S/c1-22-16-14-32-17(19(16)25-15-26)4-2-3-5-18(27)23-6-8-29-10-12-31-13-11-30-9-7-24-20(21)28/h15-17,19,22H,2-14H2,1H3,(H,23,27)(H,25,26)(H3,21,24,28). The summed E-state index contributed by atoms with van der Waals surface area (Å²) in [4.78, 5) is 33.2. The number of primary amides is 1. The summed E-state index contributed by atoms with van der Waals surface area (Å²) in [5.74, 6) is 1.02. The maximum Gasteiger partial charge on any atom is 0.312 e. The van der Waals surface area contributed by atoms with Gasteiger partial charge in [0.05, 0.1) is 45.7 Å². The van der Waals surface area contributed by atoms with Gasteiger partial charge in [-0.15, -0.1) is 0 Å². The van der Waals surface area contributed by atoms with Gasteiger partial charge in [-0.25, -0.2) is 4.79 Å². The van der Waals surface area contributed by atoms with E-state index in [9.17, 15) is 14.4 Å². The third-order valence-electron chi connectivity index (χ3n) is 4.96. The summed E-state index contributed by atoms with van der Waals surface area (Å²) in [6, 6.07) is -0.118. The second-order valence-electron chi connectivity index (χ2n) is 7.30. The van der Waals surface area contributed by atoms with Gasteiger partial charge in [-0.1, -0.05) is 6.42 Å². The molecule has 0 aromatic rings. The lowest BCUT2D eigenvalue weighted by molar-refractivity contribution is -0.121. The number of ether oxygens (including phenoxy) is 3. The first kappa shape index (κ1) is 28.4. The van der Waals surface area contributed by atoms with Crippen molar-refractivity contribution in [3.8, 4) is 0 Å². The Balaban J connectivity index is 1.88. The van der Waals surface area contributed by atoms with E-state index >= 15 is 0 Å². The predicted octanol–water partition coefficient (Wildman–Crippen LogP) is -0.801. The van der Waals surface area contributed by atoms with Gasteiger partial charge in [0.1, 0.15) is 0 Å². The van der Waals surface area contributed by atoms with Crippen LogP contribution in [-0.2, 0) is 23.8 Å². The lowest BCUT2D eigenvalue weighted by atomic mass is 10.0. The zero-order valence-electron chi connectivity index (χ0n) is 18.9. The molecule has 12 heteroatoms. The molecule has 1 rings (SSSR count). The van der Waals surface area contributed by atoms with Gasteiger partial charge in [-0.3, -0.25) is 9.59 Å². The number of unbranched alkanes of at least 4 members (excludes halogenated alkanes) is 1. The minimum Gasteiger partial charge on any atom is -0.377 e. The highest BCUT2D eigenvalue weighted by Gasteiger charge is 2.35. The van der Waals surface area contributed by atoms with E-state index in [4.69, 9.17) is 19.9 Å². The molecule has 0 spiro atoms. The van der Waals surface area contributed by atoms with Gasteiger partial charge >= 0.3 is 6.03 Å². The number of nitrogens with two attached hydrogens (primary N) is 1. The number of nitrogens with one attached hydrogen (secondary N) is 4. The molecule has 11 nitrogen and oxygen atoms in total. The van der Waals surface area contributed by atoms with Crippen molar-refractivity contribution in [2.24, 2.45) is 5.73 Å². The van der Waals surface area contributed by atoms with Gasteiger partial charge in [-0.2, -0.15) is 11.8 Å². The van der Waals surface area contributed by atoms with Crippen molar-refractivity contribution >= 4 is 30.1 Å². The van der Waals surface area contributed by atoms with Crippen molar-refractivity contribution in [1.82, 2.24) is 21.3 Å². The molecule has 6 N–H and O–H groups in total. The number of carbonyl (C=O) groups excluding carboxylic acids is 3. The van der Waals surface area contributed by atoms with E-state index in [0.717, 1.165) is 31.4 Å². The Morgan fingerprint density at radius 3 is 2.22 bits per heavy atom. The Kier molecular flexibility index (Phi) is 16.8. The van der Waals surface area contributed by atoms with Crippen LogP contribution in [0.2, 0.25) is 0 Å². The molecule has 0 radical (unpaired) electrons. The summed E-state index contributed by atoms with van der Waals surface area (Å²) >= 11 is 1.88. The highest BCUT2D eigenvalue weighted by atomic mass is 32.2. The summed E-state index contributed by atoms with van der Waals surface area (Å²) in [7, 11) is 1.92. The quantitative estimate of drug-likeness (QED) is 0.113. The number of hydrogen-bond acceptors (Lipinski definition) is 8. The van der Waals surface area contributed by atoms with E-state index < -0.39 is 6.03 Å². The van der Waals surface area contributed by atoms with Crippen LogP contribution < -0.4 is 27.0 Å². The molecule has 3 atom stereocenters. The number of amides is 4. The second-order valence-corrected chi connectivity index (χ2v) is 8.57. The molecule has 1 heterocycles. The zero-order chi connectivity index (χ0) is 23.4. The number of carbonyl (C=O) groups is 3. The van der Waals surface area contributed by atoms with Gasteiger partial charge in [0, 0.05) is 36.6 Å². The van der Waals surface area contributed by atoms with Crippen molar-refractivity contribution in [2.45, 2.75) is 43.0 Å². The Morgan fingerprint density at radius 2 is 1.62 bits per heavy atom. The third kappa shape index (κ3) is 13.7. The van der Waals surface area contributed by atoms with E-state index in [1.165, 1.54) is 0 Å². The summed E-state index contributed by atoms with van der Waals surface area (Å²) in [6.07, 6.45) is 4.05. The maximum atomic E-state index is 11.9. The van der Waals surface area contributed by atoms with Crippen LogP contribution in [0.5, 0.6) is 0 Å². The molecular weight excluding hydrogens is 438 g/mol. The molecule has 1 aliphatic rings. The number of likely N-dealkylation sites (N-methyl/N-ethyl adjacent to an activating group) is 1. The van der Waals surface area contributed by atoms with Gasteiger partial charge in [-0.05, 0) is 19.9 Å².